The van der Waals surface area contributed by atoms with Crippen molar-refractivity contribution in [1.29, 1.82) is 0 Å². The molecule has 1 fully saturated rings. The van der Waals surface area contributed by atoms with Gasteiger partial charge in [-0.3, -0.25) is 14.6 Å². The molecule has 0 aliphatic carbocycles. The van der Waals surface area contributed by atoms with E-state index in [-0.39, 0.29) is 36.6 Å². The van der Waals surface area contributed by atoms with E-state index in [1.165, 1.54) is 12.1 Å². The van der Waals surface area contributed by atoms with Crippen LogP contribution in [0.5, 0.6) is 5.75 Å². The van der Waals surface area contributed by atoms with Crippen LogP contribution in [0, 0.1) is 0 Å². The third kappa shape index (κ3) is 7.84. The van der Waals surface area contributed by atoms with Gasteiger partial charge in [-0.1, -0.05) is 35.9 Å². The third-order valence-electron chi connectivity index (χ3n) is 7.80. The minimum Gasteiger partial charge on any atom is -0.494 e. The van der Waals surface area contributed by atoms with Crippen LogP contribution in [0.3, 0.4) is 0 Å². The minimum atomic E-state index is -1.57. The molecule has 1 saturated heterocycles. The number of benzene rings is 3. The van der Waals surface area contributed by atoms with Crippen molar-refractivity contribution in [2.24, 2.45) is 4.99 Å². The van der Waals surface area contributed by atoms with Gasteiger partial charge < -0.3 is 30.3 Å². The summed E-state index contributed by atoms with van der Waals surface area (Å²) in [5, 5.41) is 24.8. The second-order valence-corrected chi connectivity index (χ2v) is 11.4. The molecule has 3 atom stereocenters. The lowest BCUT2D eigenvalue weighted by Gasteiger charge is -2.31. The van der Waals surface area contributed by atoms with Crippen molar-refractivity contribution in [3.05, 3.63) is 88.4 Å². The first kappa shape index (κ1) is 32.5. The summed E-state index contributed by atoms with van der Waals surface area (Å²) < 4.78 is 6.15. The standard InChI is InChI=1S/C32H38BClN6O5/c1-3-35-29(41)19-27-31-39-38-20(2)40(31)28-15-14-25(18-26(28)30(37-27)21-8-12-24(34)13-9-21)45-17-5-4-16-36-32(42)22-6-10-23(11-7-22)33(43)44/h6-15,18,20,27,31,38-39,43-44H,3-5,16-17,19H2,1-2H3,(H,35,41)(H,36,42)/t20?,27-,31?/m0/s1. The topological polar surface area (TPSA) is 148 Å². The molecule has 13 heteroatoms. The number of rotatable bonds is 12. The second-order valence-electron chi connectivity index (χ2n) is 11.0. The molecule has 0 radical (unpaired) electrons. The Morgan fingerprint density at radius 3 is 2.49 bits per heavy atom. The normalized spacial score (nSPS) is 18.7. The maximum atomic E-state index is 12.7. The summed E-state index contributed by atoms with van der Waals surface area (Å²) in [5.41, 5.74) is 10.9. The van der Waals surface area contributed by atoms with Gasteiger partial charge in [0.05, 0.1) is 30.9 Å². The average molecular weight is 633 g/mol. The van der Waals surface area contributed by atoms with Crippen LogP contribution in [0.2, 0.25) is 5.02 Å². The number of amides is 2. The Hall–Kier alpha value is -3.94. The highest BCUT2D eigenvalue weighted by atomic mass is 35.5. The number of hydrazine groups is 1. The van der Waals surface area contributed by atoms with E-state index >= 15 is 0 Å². The number of fused-ring (bicyclic) bond motifs is 3. The lowest BCUT2D eigenvalue weighted by atomic mass is 9.80. The Morgan fingerprint density at radius 2 is 1.78 bits per heavy atom. The van der Waals surface area contributed by atoms with Crippen molar-refractivity contribution < 1.29 is 24.4 Å². The van der Waals surface area contributed by atoms with Crippen molar-refractivity contribution in [3.63, 3.8) is 0 Å². The number of aliphatic imine (C=N–C) groups is 1. The maximum absolute atomic E-state index is 12.7. The predicted molar refractivity (Wildman–Crippen MR) is 176 cm³/mol. The van der Waals surface area contributed by atoms with Gasteiger partial charge in [0.1, 0.15) is 11.9 Å². The zero-order valence-electron chi connectivity index (χ0n) is 25.3. The van der Waals surface area contributed by atoms with E-state index < -0.39 is 7.12 Å². The van der Waals surface area contributed by atoms with Crippen LogP contribution < -0.4 is 36.6 Å². The number of ether oxygens (including phenoxy) is 1. The third-order valence-corrected chi connectivity index (χ3v) is 8.05. The molecule has 2 aliphatic heterocycles. The molecule has 0 saturated carbocycles. The molecule has 0 bridgehead atoms. The molecule has 2 heterocycles. The molecule has 0 aromatic heterocycles. The van der Waals surface area contributed by atoms with Crippen LogP contribution in [-0.4, -0.2) is 72.8 Å². The van der Waals surface area contributed by atoms with Crippen molar-refractivity contribution in [2.45, 2.75) is 51.5 Å². The Balaban J connectivity index is 1.29. The smallest absolute Gasteiger partial charge is 0.488 e. The fraction of sp³-hybridized carbons (Fsp3) is 0.344. The lowest BCUT2D eigenvalue weighted by molar-refractivity contribution is -0.121. The van der Waals surface area contributed by atoms with Gasteiger partial charge in [0, 0.05) is 40.5 Å². The second kappa shape index (κ2) is 14.9. The molecule has 11 nitrogen and oxygen atoms in total. The summed E-state index contributed by atoms with van der Waals surface area (Å²) in [6, 6.07) is 19.3. The average Bonchev–Trinajstić information content (AvgIpc) is 3.36. The Morgan fingerprint density at radius 1 is 1.02 bits per heavy atom. The van der Waals surface area contributed by atoms with E-state index in [1.807, 2.05) is 49.4 Å². The minimum absolute atomic E-state index is 0.0496. The van der Waals surface area contributed by atoms with Gasteiger partial charge in [0.15, 0.2) is 0 Å². The van der Waals surface area contributed by atoms with Gasteiger partial charge in [0.25, 0.3) is 5.91 Å². The summed E-state index contributed by atoms with van der Waals surface area (Å²) >= 11 is 6.22. The first-order valence-corrected chi connectivity index (χ1v) is 15.5. The summed E-state index contributed by atoms with van der Waals surface area (Å²) in [6.45, 7) is 5.44. The molecule has 2 amide bonds. The largest absolute Gasteiger partial charge is 0.494 e. The van der Waals surface area contributed by atoms with Crippen LogP contribution in [0.4, 0.5) is 5.69 Å². The number of nitrogens with zero attached hydrogens (tertiary/aromatic N) is 2. The SMILES string of the molecule is CCNC(=O)C[C@@H]1N=C(c2ccc(Cl)cc2)c2cc(OCCCCNC(=O)c3ccc(B(O)O)cc3)ccc2N2C(C)NNC12. The van der Waals surface area contributed by atoms with Gasteiger partial charge >= 0.3 is 7.12 Å². The van der Waals surface area contributed by atoms with E-state index in [0.717, 1.165) is 28.9 Å². The van der Waals surface area contributed by atoms with Crippen LogP contribution in [0.25, 0.3) is 0 Å². The van der Waals surface area contributed by atoms with Gasteiger partial charge in [-0.05, 0) is 74.6 Å². The fourth-order valence-electron chi connectivity index (χ4n) is 5.53. The van der Waals surface area contributed by atoms with Gasteiger partial charge in [-0.2, -0.15) is 0 Å². The van der Waals surface area contributed by atoms with Crippen LogP contribution in [0.1, 0.15) is 54.6 Å². The van der Waals surface area contributed by atoms with E-state index in [0.29, 0.717) is 47.9 Å². The molecule has 2 unspecified atom stereocenters. The van der Waals surface area contributed by atoms with Crippen LogP contribution >= 0.6 is 11.6 Å². The maximum Gasteiger partial charge on any atom is 0.488 e. The Kier molecular flexibility index (Phi) is 10.7. The predicted octanol–water partition coefficient (Wildman–Crippen LogP) is 1.94. The number of nitrogens with one attached hydrogen (secondary N) is 4. The van der Waals surface area contributed by atoms with Gasteiger partial charge in [0.2, 0.25) is 5.91 Å². The molecule has 5 rings (SSSR count). The van der Waals surface area contributed by atoms with Crippen molar-refractivity contribution in [1.82, 2.24) is 21.5 Å². The number of halogens is 1. The van der Waals surface area contributed by atoms with Crippen LogP contribution in [0.15, 0.2) is 71.7 Å². The summed E-state index contributed by atoms with van der Waals surface area (Å²) in [4.78, 5) is 32.5. The molecule has 0 spiro atoms. The number of carbonyl (C=O) groups excluding carboxylic acids is 2. The van der Waals surface area contributed by atoms with Crippen molar-refractivity contribution in [2.75, 3.05) is 24.6 Å². The van der Waals surface area contributed by atoms with Crippen molar-refractivity contribution >= 4 is 47.4 Å². The monoisotopic (exact) mass is 632 g/mol. The number of carbonyl (C=O) groups is 2. The van der Waals surface area contributed by atoms with E-state index in [1.54, 1.807) is 12.1 Å². The molecule has 6 N–H and O–H groups in total. The summed E-state index contributed by atoms with van der Waals surface area (Å²) in [7, 11) is -1.57. The molecule has 236 valence electrons. The summed E-state index contributed by atoms with van der Waals surface area (Å²) in [6.07, 6.45) is 1.36. The molecule has 3 aromatic rings. The highest BCUT2D eigenvalue weighted by molar-refractivity contribution is 6.58. The number of anilines is 1. The van der Waals surface area contributed by atoms with Crippen molar-refractivity contribution in [3.8, 4) is 5.75 Å². The quantitative estimate of drug-likeness (QED) is 0.131. The zero-order valence-corrected chi connectivity index (χ0v) is 26.1. The molecular weight excluding hydrogens is 595 g/mol. The highest BCUT2D eigenvalue weighted by Crippen LogP contribution is 2.36. The summed E-state index contributed by atoms with van der Waals surface area (Å²) in [5.74, 6) is 0.407. The van der Waals surface area contributed by atoms with Gasteiger partial charge in [-0.25, -0.2) is 10.9 Å². The number of hydrogen-bond acceptors (Lipinski definition) is 9. The van der Waals surface area contributed by atoms with Gasteiger partial charge in [-0.15, -0.1) is 0 Å². The highest BCUT2D eigenvalue weighted by Gasteiger charge is 2.40. The van der Waals surface area contributed by atoms with E-state index in [4.69, 9.17) is 21.3 Å². The van der Waals surface area contributed by atoms with Crippen LogP contribution in [-0.2, 0) is 4.79 Å². The van der Waals surface area contributed by atoms with E-state index in [9.17, 15) is 19.6 Å². The Labute approximate surface area is 268 Å². The fourth-order valence-corrected chi connectivity index (χ4v) is 5.66. The molecule has 3 aromatic carbocycles. The number of hydrogen-bond donors (Lipinski definition) is 6. The zero-order chi connectivity index (χ0) is 31.9. The molecular formula is C32H38BClN6O5. The first-order valence-electron chi connectivity index (χ1n) is 15.2. The first-order chi connectivity index (χ1) is 21.7. The molecule has 2 aliphatic rings. The number of unbranched alkanes of at least 4 members (excludes halogenated alkanes) is 1. The van der Waals surface area contributed by atoms with E-state index in [2.05, 4.69) is 33.3 Å². The lowest BCUT2D eigenvalue weighted by Crippen LogP contribution is -2.47. The Bertz CT molecular complexity index is 1520. The molecule has 45 heavy (non-hydrogen) atoms.